The third-order valence-electron chi connectivity index (χ3n) is 4.82. The Hall–Kier alpha value is -2.31. The average molecular weight is 384 g/mol. The van der Waals surface area contributed by atoms with Crippen LogP contribution >= 0.6 is 11.8 Å². The molecule has 0 aromatic heterocycles. The van der Waals surface area contributed by atoms with Crippen LogP contribution in [0.2, 0.25) is 0 Å². The fourth-order valence-corrected chi connectivity index (χ4v) is 4.20. The van der Waals surface area contributed by atoms with Crippen LogP contribution in [-0.2, 0) is 12.1 Å². The zero-order valence-electron chi connectivity index (χ0n) is 15.5. The molecule has 1 atom stereocenters. The highest BCUT2D eigenvalue weighted by atomic mass is 32.2. The first kappa shape index (κ1) is 19.5. The minimum absolute atomic E-state index is 0.0691. The van der Waals surface area contributed by atoms with E-state index in [4.69, 9.17) is 5.73 Å². The van der Waals surface area contributed by atoms with Gasteiger partial charge in [-0.2, -0.15) is 0 Å². The second kappa shape index (κ2) is 8.59. The van der Waals surface area contributed by atoms with Crippen molar-refractivity contribution < 1.29 is 9.90 Å². The highest BCUT2D eigenvalue weighted by Crippen LogP contribution is 2.35. The second-order valence-corrected chi connectivity index (χ2v) is 7.95. The van der Waals surface area contributed by atoms with Gasteiger partial charge in [0.15, 0.2) is 5.17 Å². The topological polar surface area (TPSA) is 78.9 Å². The molecule has 27 heavy (non-hydrogen) atoms. The second-order valence-electron chi connectivity index (χ2n) is 6.84. The molecule has 142 valence electrons. The zero-order valence-corrected chi connectivity index (χ0v) is 16.3. The number of rotatable bonds is 6. The summed E-state index contributed by atoms with van der Waals surface area (Å²) in [5.74, 6) is 0.847. The van der Waals surface area contributed by atoms with Crippen LogP contribution in [0, 0.1) is 0 Å². The van der Waals surface area contributed by atoms with Crippen LogP contribution in [0.3, 0.4) is 0 Å². The fraction of sp³-hybridized carbons (Fsp3) is 0.333. The van der Waals surface area contributed by atoms with Gasteiger partial charge in [0, 0.05) is 24.4 Å². The Kier molecular flexibility index (Phi) is 6.19. The molecule has 6 heteroatoms. The van der Waals surface area contributed by atoms with E-state index in [0.29, 0.717) is 23.8 Å². The summed E-state index contributed by atoms with van der Waals surface area (Å²) in [4.78, 5) is 19.2. The maximum Gasteiger partial charge on any atom is 0.254 e. The molecule has 1 aliphatic heterocycles. The number of hydrogen-bond donors (Lipinski definition) is 2. The molecular weight excluding hydrogens is 358 g/mol. The number of aliphatic hydroxyl groups is 1. The van der Waals surface area contributed by atoms with Crippen LogP contribution in [0.15, 0.2) is 59.6 Å². The van der Waals surface area contributed by atoms with Crippen LogP contribution in [0.5, 0.6) is 0 Å². The standard InChI is InChI=1S/C21H25N3O2S/c1-21(11-14-27-20(22)23-21)18-9-7-17(8-10-18)19(26)24(12-13-25)15-16-5-3-2-4-6-16/h2-10,25H,11-15H2,1H3,(H2,22,23). The van der Waals surface area contributed by atoms with Crippen molar-refractivity contribution in [3.05, 3.63) is 71.3 Å². The van der Waals surface area contributed by atoms with Crippen molar-refractivity contribution in [2.45, 2.75) is 25.4 Å². The number of hydrogen-bond acceptors (Lipinski definition) is 5. The average Bonchev–Trinajstić information content (AvgIpc) is 2.68. The van der Waals surface area contributed by atoms with Gasteiger partial charge >= 0.3 is 0 Å². The molecule has 0 saturated heterocycles. The maximum atomic E-state index is 12.9. The summed E-state index contributed by atoms with van der Waals surface area (Å²) in [7, 11) is 0. The van der Waals surface area contributed by atoms with Gasteiger partial charge in [0.25, 0.3) is 5.91 Å². The predicted molar refractivity (Wildman–Crippen MR) is 111 cm³/mol. The highest BCUT2D eigenvalue weighted by molar-refractivity contribution is 8.13. The van der Waals surface area contributed by atoms with Gasteiger partial charge in [0.1, 0.15) is 0 Å². The van der Waals surface area contributed by atoms with E-state index in [2.05, 4.69) is 11.9 Å². The number of aliphatic imine (C=N–C) groups is 1. The van der Waals surface area contributed by atoms with Crippen molar-refractivity contribution in [3.8, 4) is 0 Å². The number of benzene rings is 2. The summed E-state index contributed by atoms with van der Waals surface area (Å²) in [6.45, 7) is 2.77. The van der Waals surface area contributed by atoms with E-state index in [9.17, 15) is 9.90 Å². The van der Waals surface area contributed by atoms with E-state index >= 15 is 0 Å². The first-order valence-corrected chi connectivity index (χ1v) is 10.0. The maximum absolute atomic E-state index is 12.9. The van der Waals surface area contributed by atoms with Crippen LogP contribution < -0.4 is 5.73 Å². The third-order valence-corrected chi connectivity index (χ3v) is 5.62. The van der Waals surface area contributed by atoms with Gasteiger partial charge in [-0.25, -0.2) is 0 Å². The van der Waals surface area contributed by atoms with Crippen LogP contribution in [0.4, 0.5) is 0 Å². The van der Waals surface area contributed by atoms with Crippen LogP contribution in [0.1, 0.15) is 34.8 Å². The van der Waals surface area contributed by atoms with Crippen molar-refractivity contribution in [2.24, 2.45) is 10.7 Å². The molecule has 3 rings (SSSR count). The molecular formula is C21H25N3O2S. The molecule has 5 nitrogen and oxygen atoms in total. The van der Waals surface area contributed by atoms with E-state index in [-0.39, 0.29) is 18.1 Å². The summed E-state index contributed by atoms with van der Waals surface area (Å²) >= 11 is 1.58. The fourth-order valence-electron chi connectivity index (χ4n) is 3.23. The lowest BCUT2D eigenvalue weighted by Crippen LogP contribution is -2.33. The monoisotopic (exact) mass is 383 g/mol. The molecule has 3 N–H and O–H groups in total. The normalized spacial score (nSPS) is 19.4. The van der Waals surface area contributed by atoms with Crippen molar-refractivity contribution in [1.82, 2.24) is 4.90 Å². The number of carbonyl (C=O) groups excluding carboxylic acids is 1. The van der Waals surface area contributed by atoms with Gasteiger partial charge in [-0.3, -0.25) is 9.79 Å². The minimum Gasteiger partial charge on any atom is -0.395 e. The Balaban J connectivity index is 1.78. The molecule has 2 aromatic carbocycles. The van der Waals surface area contributed by atoms with Gasteiger partial charge in [-0.1, -0.05) is 54.2 Å². The minimum atomic E-state index is -0.342. The van der Waals surface area contributed by atoms with Crippen molar-refractivity contribution in [3.63, 3.8) is 0 Å². The summed E-state index contributed by atoms with van der Waals surface area (Å²) in [5, 5.41) is 9.97. The lowest BCUT2D eigenvalue weighted by molar-refractivity contribution is 0.0708. The summed E-state index contributed by atoms with van der Waals surface area (Å²) in [5.41, 5.74) is 8.25. The molecule has 0 radical (unpaired) electrons. The van der Waals surface area contributed by atoms with Gasteiger partial charge in [-0.15, -0.1) is 0 Å². The summed E-state index contributed by atoms with van der Waals surface area (Å²) < 4.78 is 0. The number of amides is 1. The number of amidine groups is 1. The number of carbonyl (C=O) groups is 1. The first-order valence-electron chi connectivity index (χ1n) is 9.04. The lowest BCUT2D eigenvalue weighted by Gasteiger charge is -2.30. The third kappa shape index (κ3) is 4.70. The van der Waals surface area contributed by atoms with Crippen molar-refractivity contribution in [1.29, 1.82) is 0 Å². The molecule has 0 spiro atoms. The van der Waals surface area contributed by atoms with E-state index in [1.165, 1.54) is 0 Å². The van der Waals surface area contributed by atoms with E-state index in [1.54, 1.807) is 16.7 Å². The van der Waals surface area contributed by atoms with Crippen molar-refractivity contribution in [2.75, 3.05) is 18.9 Å². The van der Waals surface area contributed by atoms with E-state index < -0.39 is 0 Å². The quantitative estimate of drug-likeness (QED) is 0.804. The zero-order chi connectivity index (χ0) is 19.3. The number of nitrogens with two attached hydrogens (primary N) is 1. The Morgan fingerprint density at radius 1 is 1.22 bits per heavy atom. The molecule has 0 bridgehead atoms. The molecule has 0 saturated carbocycles. The van der Waals surface area contributed by atoms with Crippen molar-refractivity contribution >= 4 is 22.8 Å². The predicted octanol–water partition coefficient (Wildman–Crippen LogP) is 2.99. The Labute approximate surface area is 164 Å². The van der Waals surface area contributed by atoms with Gasteiger partial charge < -0.3 is 15.7 Å². The summed E-state index contributed by atoms with van der Waals surface area (Å²) in [6, 6.07) is 17.4. The smallest absolute Gasteiger partial charge is 0.254 e. The Morgan fingerprint density at radius 3 is 2.56 bits per heavy atom. The Bertz CT molecular complexity index is 808. The molecule has 1 aliphatic rings. The molecule has 0 fully saturated rings. The van der Waals surface area contributed by atoms with Gasteiger partial charge in [0.2, 0.25) is 0 Å². The van der Waals surface area contributed by atoms with E-state index in [0.717, 1.165) is 23.3 Å². The van der Waals surface area contributed by atoms with Gasteiger partial charge in [-0.05, 0) is 36.6 Å². The molecule has 2 aromatic rings. The van der Waals surface area contributed by atoms with Crippen LogP contribution in [-0.4, -0.2) is 40.0 Å². The first-order chi connectivity index (χ1) is 13.0. The van der Waals surface area contributed by atoms with Crippen LogP contribution in [0.25, 0.3) is 0 Å². The number of aliphatic hydroxyl groups excluding tert-OH is 1. The van der Waals surface area contributed by atoms with E-state index in [1.807, 2.05) is 54.6 Å². The van der Waals surface area contributed by atoms with Gasteiger partial charge in [0.05, 0.1) is 12.1 Å². The molecule has 0 aliphatic carbocycles. The SMILES string of the molecule is CC1(c2ccc(C(=O)N(CCO)Cc3ccccc3)cc2)CCSC(N)=N1. The Morgan fingerprint density at radius 2 is 1.93 bits per heavy atom. The number of nitrogens with zero attached hydrogens (tertiary/aromatic N) is 2. The highest BCUT2D eigenvalue weighted by Gasteiger charge is 2.29. The molecule has 1 unspecified atom stereocenters. The number of thioether (sulfide) groups is 1. The summed E-state index contributed by atoms with van der Waals surface area (Å²) in [6.07, 6.45) is 0.913. The molecule has 1 amide bonds. The largest absolute Gasteiger partial charge is 0.395 e. The lowest BCUT2D eigenvalue weighted by atomic mass is 9.89. The molecule has 1 heterocycles.